The molecular formula is C96H57B3N8O4Pd3. The number of hydrogen-bond acceptors (Lipinski definition) is 10. The average Bonchev–Trinajstić information content (AvgIpc) is 1.56. The van der Waals surface area contributed by atoms with Crippen LogP contribution < -0.4 is 68.5 Å². The van der Waals surface area contributed by atoms with Gasteiger partial charge in [0.2, 0.25) is 31.9 Å². The zero-order valence-corrected chi connectivity index (χ0v) is 65.0. The molecule has 0 saturated carbocycles. The van der Waals surface area contributed by atoms with E-state index in [1.165, 1.54) is 44.2 Å². The number of nitrogens with zero attached hydrogens (tertiary/aromatic N) is 8. The molecule has 22 rings (SSSR count). The fraction of sp³-hybridized carbons (Fsp3) is 0. The molecule has 3 aliphatic rings. The van der Waals surface area contributed by atoms with Gasteiger partial charge >= 0.3 is 61.3 Å². The normalized spacial score (nSPS) is 11.6. The second kappa shape index (κ2) is 32.6. The first-order valence-corrected chi connectivity index (χ1v) is 36.6. The molecule has 0 atom stereocenters. The van der Waals surface area contributed by atoms with Crippen LogP contribution in [0.4, 0.5) is 0 Å². The van der Waals surface area contributed by atoms with Gasteiger partial charge in [0.05, 0.1) is 5.52 Å². The molecule has 0 bridgehead atoms. The molecule has 18 heteroatoms. The topological polar surface area (TPSA) is 124 Å². The first-order chi connectivity index (χ1) is 55.0. The van der Waals surface area contributed by atoms with Crippen molar-refractivity contribution in [2.24, 2.45) is 0 Å². The molecule has 0 amide bonds. The Kier molecular flexibility index (Phi) is 21.2. The van der Waals surface area contributed by atoms with E-state index in [1.807, 2.05) is 152 Å². The van der Waals surface area contributed by atoms with Gasteiger partial charge in [0.25, 0.3) is 0 Å². The third kappa shape index (κ3) is 14.1. The van der Waals surface area contributed by atoms with E-state index in [2.05, 4.69) is 241 Å². The number of fused-ring (bicyclic) bond motifs is 15. The van der Waals surface area contributed by atoms with Crippen LogP contribution in [0, 0.1) is 36.4 Å². The molecule has 0 radical (unpaired) electrons. The molecule has 0 unspecified atom stereocenters. The van der Waals surface area contributed by atoms with Crippen LogP contribution in [-0.4, -0.2) is 59.2 Å². The van der Waals surface area contributed by atoms with Gasteiger partial charge in [0.1, 0.15) is 5.65 Å². The maximum absolute atomic E-state index is 6.38. The number of hydrogen-bond donors (Lipinski definition) is 0. The van der Waals surface area contributed by atoms with Crippen molar-refractivity contribution >= 4 is 113 Å². The number of ether oxygens (including phenoxy) is 4. The summed E-state index contributed by atoms with van der Waals surface area (Å²) in [5.74, 6) is 4.63. The molecule has 0 fully saturated rings. The van der Waals surface area contributed by atoms with Gasteiger partial charge in [0.15, 0.2) is 0 Å². The molecule has 19 aromatic rings. The van der Waals surface area contributed by atoms with E-state index in [1.54, 1.807) is 18.5 Å². The number of para-hydroxylation sites is 2. The van der Waals surface area contributed by atoms with Gasteiger partial charge < -0.3 is 28.1 Å². The third-order valence-corrected chi connectivity index (χ3v) is 20.5. The first-order valence-electron chi connectivity index (χ1n) is 36.6. The van der Waals surface area contributed by atoms with E-state index in [4.69, 9.17) is 28.9 Å². The van der Waals surface area contributed by atoms with Crippen LogP contribution in [0.1, 0.15) is 0 Å². The SMILES string of the molecule is [Pd+2].[Pd+2].[Pd+2].[c-]1c(-n2c3[c-]c(Oc4ccccn4)ccc3c3ccccc32)ccc2c1B(c1ccccn1)c1ccccc1-2.[c-]1c(Oc2[c-]c3c(cc2)-c2ccccc2B3c2ccccn2)cccc1-n1c2ccccc2c2cccnc21.[c-]1c(Oc2[c-]c3c(cc2)-c2ccccc2B3c2ccccn2)cccc1Oc1ccccn1. The standard InChI is InChI=1S/2C34H20BN3O.C28H17BN2O2.3Pd/c1-3-11-29-25(9-1)26-17-15-23(21-30(26)35(29)33-13-5-7-19-36-33)38-31-12-4-2-10-27(31)28-18-16-24(22-32(28)38)39-34-14-6-8-20-37-34;1-3-14-30-26(11-1)27-18-17-25(22-31(27)35(30)33-16-5-6-19-36-33)39-24-10-7-9-23(21-24)38-32-15-4-2-12-28(32)29-13-8-20-37-34(29)38;1-2-11-25-23(10-1)24-15-14-22(19-26(24)29(25)27-12-3-5-16-30-27)32-20-8-7-9-21(18-20)33-28-13-4-6-17-31-28;;;/h2*1-20H;1-17H;;;/q3*-2;3*+2. The minimum atomic E-state index is 0. The largest absolute Gasteiger partial charge is 2.00 e. The Balaban J connectivity index is 0.000000122. The predicted molar refractivity (Wildman–Crippen MR) is 443 cm³/mol. The molecule has 544 valence electrons. The third-order valence-electron chi connectivity index (χ3n) is 20.5. The molecule has 3 aliphatic heterocycles. The summed E-state index contributed by atoms with van der Waals surface area (Å²) >= 11 is 0. The summed E-state index contributed by atoms with van der Waals surface area (Å²) in [5, 5.41) is 4.54. The van der Waals surface area contributed by atoms with Crippen molar-refractivity contribution in [2.75, 3.05) is 0 Å². The average molecular weight is 1740 g/mol. The molecule has 0 aliphatic carbocycles. The van der Waals surface area contributed by atoms with Gasteiger partial charge in [0, 0.05) is 117 Å². The van der Waals surface area contributed by atoms with Crippen LogP contribution in [0.2, 0.25) is 0 Å². The van der Waals surface area contributed by atoms with Gasteiger partial charge in [-0.2, -0.15) is 58.9 Å². The molecule has 0 N–H and O–H groups in total. The molecule has 11 heterocycles. The second-order valence-electron chi connectivity index (χ2n) is 27.0. The number of aromatic nitrogens is 8. The number of rotatable bonds is 13. The van der Waals surface area contributed by atoms with Gasteiger partial charge in [-0.1, -0.05) is 196 Å². The summed E-state index contributed by atoms with van der Waals surface area (Å²) in [7, 11) is 0. The number of benzene rings is 11. The Morgan fingerprint density at radius 1 is 0.237 bits per heavy atom. The first kappa shape index (κ1) is 74.1. The fourth-order valence-electron chi connectivity index (χ4n) is 15.8. The molecule has 0 spiro atoms. The van der Waals surface area contributed by atoms with Crippen molar-refractivity contribution in [1.29, 1.82) is 0 Å². The van der Waals surface area contributed by atoms with Crippen molar-refractivity contribution < 1.29 is 80.2 Å². The predicted octanol–water partition coefficient (Wildman–Crippen LogP) is 15.1. The smallest absolute Gasteiger partial charge is 0.509 e. The van der Waals surface area contributed by atoms with Crippen LogP contribution in [0.3, 0.4) is 0 Å². The quantitative estimate of drug-likeness (QED) is 0.0814. The minimum Gasteiger partial charge on any atom is -0.509 e. The molecular weight excluding hydrogens is 1680 g/mol. The molecule has 0 saturated heterocycles. The van der Waals surface area contributed by atoms with E-state index >= 15 is 0 Å². The van der Waals surface area contributed by atoms with Crippen molar-refractivity contribution in [3.05, 3.63) is 383 Å². The van der Waals surface area contributed by atoms with E-state index in [9.17, 15) is 0 Å². The summed E-state index contributed by atoms with van der Waals surface area (Å²) in [5.41, 5.74) is 23.1. The van der Waals surface area contributed by atoms with Gasteiger partial charge in [-0.15, -0.1) is 94.9 Å². The summed E-state index contributed by atoms with van der Waals surface area (Å²) in [6.45, 7) is 0.0566. The summed E-state index contributed by atoms with van der Waals surface area (Å²) in [4.78, 5) is 27.3. The van der Waals surface area contributed by atoms with Crippen molar-refractivity contribution in [3.63, 3.8) is 0 Å². The summed E-state index contributed by atoms with van der Waals surface area (Å²) < 4.78 is 28.7. The Labute approximate surface area is 700 Å². The van der Waals surface area contributed by atoms with Crippen molar-refractivity contribution in [2.45, 2.75) is 0 Å². The molecule has 11 aromatic carbocycles. The van der Waals surface area contributed by atoms with Gasteiger partial charge in [-0.25, -0.2) is 15.0 Å². The maximum Gasteiger partial charge on any atom is 2.00 e. The van der Waals surface area contributed by atoms with Crippen molar-refractivity contribution in [1.82, 2.24) is 39.0 Å². The molecule has 8 aromatic heterocycles. The maximum atomic E-state index is 6.38. The van der Waals surface area contributed by atoms with E-state index in [0.717, 1.165) is 93.8 Å². The monoisotopic (exact) mass is 1740 g/mol. The van der Waals surface area contributed by atoms with Crippen molar-refractivity contribution in [3.8, 4) is 91.0 Å². The fourth-order valence-corrected chi connectivity index (χ4v) is 15.8. The van der Waals surface area contributed by atoms with Crippen LogP contribution >= 0.6 is 0 Å². The Morgan fingerprint density at radius 2 is 0.623 bits per heavy atom. The minimum absolute atomic E-state index is 0. The Bertz CT molecular complexity index is 6680. The van der Waals surface area contributed by atoms with Crippen LogP contribution in [0.25, 0.3) is 88.5 Å². The van der Waals surface area contributed by atoms with E-state index in [0.29, 0.717) is 46.3 Å². The summed E-state index contributed by atoms with van der Waals surface area (Å²) in [6.07, 6.45) is 10.8. The van der Waals surface area contributed by atoms with Gasteiger partial charge in [-0.3, -0.25) is 15.0 Å². The summed E-state index contributed by atoms with van der Waals surface area (Å²) in [6, 6.07) is 125. The van der Waals surface area contributed by atoms with Crippen LogP contribution in [0.5, 0.6) is 46.3 Å². The zero-order chi connectivity index (χ0) is 73.6. The van der Waals surface area contributed by atoms with E-state index in [-0.39, 0.29) is 81.4 Å². The number of pyridine rings is 6. The zero-order valence-electron chi connectivity index (χ0n) is 60.3. The van der Waals surface area contributed by atoms with Crippen LogP contribution in [0.15, 0.2) is 347 Å². The Hall–Kier alpha value is -12.7. The van der Waals surface area contributed by atoms with Crippen LogP contribution in [-0.2, 0) is 61.3 Å². The second-order valence-corrected chi connectivity index (χ2v) is 27.0. The molecule has 114 heavy (non-hydrogen) atoms. The van der Waals surface area contributed by atoms with Gasteiger partial charge in [-0.05, 0) is 78.2 Å². The van der Waals surface area contributed by atoms with E-state index < -0.39 is 0 Å². The molecule has 12 nitrogen and oxygen atoms in total. The Morgan fingerprint density at radius 3 is 1.14 bits per heavy atom.